The molecular formula is C23H21N3O5. The summed E-state index contributed by atoms with van der Waals surface area (Å²) >= 11 is 0. The molecule has 158 valence electrons. The summed E-state index contributed by atoms with van der Waals surface area (Å²) in [5.41, 5.74) is 1.50. The number of rotatable bonds is 4. The number of oxazole rings is 1. The zero-order valence-corrected chi connectivity index (χ0v) is 17.6. The van der Waals surface area contributed by atoms with Gasteiger partial charge in [-0.15, -0.1) is 0 Å². The number of nitrogens with one attached hydrogen (secondary N) is 1. The van der Waals surface area contributed by atoms with E-state index in [0.29, 0.717) is 45.4 Å². The molecule has 0 spiro atoms. The minimum Gasteiger partial charge on any atom is -0.496 e. The maximum atomic E-state index is 13.4. The van der Waals surface area contributed by atoms with Crippen LogP contribution in [0.5, 0.6) is 11.5 Å². The summed E-state index contributed by atoms with van der Waals surface area (Å²) in [6.45, 7) is 1.90. The molecule has 1 aliphatic heterocycles. The van der Waals surface area contributed by atoms with Crippen molar-refractivity contribution in [1.29, 1.82) is 0 Å². The molecule has 2 aromatic carbocycles. The third kappa shape index (κ3) is 2.75. The highest BCUT2D eigenvalue weighted by molar-refractivity contribution is 6.04. The third-order valence-electron chi connectivity index (χ3n) is 5.83. The number of para-hydroxylation sites is 1. The molecule has 31 heavy (non-hydrogen) atoms. The third-order valence-corrected chi connectivity index (χ3v) is 5.83. The Balaban J connectivity index is 1.64. The lowest BCUT2D eigenvalue weighted by molar-refractivity contribution is 0.0577. The first-order chi connectivity index (χ1) is 15.0. The van der Waals surface area contributed by atoms with Crippen LogP contribution in [0.4, 0.5) is 5.69 Å². The van der Waals surface area contributed by atoms with Crippen molar-refractivity contribution in [2.24, 2.45) is 0 Å². The highest BCUT2D eigenvalue weighted by Gasteiger charge is 2.43. The SMILES string of the molecule is COc1cc2c(cc1-c1cnco1)C(=O)N(C)C(C)(c1cc3cccc(OC)c3o1)N2. The molecule has 0 radical (unpaired) electrons. The lowest BCUT2D eigenvalue weighted by Gasteiger charge is -2.43. The van der Waals surface area contributed by atoms with E-state index in [1.165, 1.54) is 6.39 Å². The van der Waals surface area contributed by atoms with Gasteiger partial charge in [-0.05, 0) is 25.1 Å². The summed E-state index contributed by atoms with van der Waals surface area (Å²) in [5.74, 6) is 2.15. The average Bonchev–Trinajstić information content (AvgIpc) is 3.47. The van der Waals surface area contributed by atoms with Gasteiger partial charge in [0.15, 0.2) is 34.9 Å². The van der Waals surface area contributed by atoms with Gasteiger partial charge in [0, 0.05) is 18.5 Å². The highest BCUT2D eigenvalue weighted by atomic mass is 16.5. The van der Waals surface area contributed by atoms with E-state index in [0.717, 1.165) is 5.39 Å². The van der Waals surface area contributed by atoms with Gasteiger partial charge in [-0.25, -0.2) is 4.98 Å². The number of anilines is 1. The summed E-state index contributed by atoms with van der Waals surface area (Å²) in [5, 5.41) is 4.35. The second kappa shape index (κ2) is 6.80. The van der Waals surface area contributed by atoms with Gasteiger partial charge in [-0.1, -0.05) is 12.1 Å². The normalized spacial score (nSPS) is 18.1. The second-order valence-corrected chi connectivity index (χ2v) is 7.51. The molecule has 2 aromatic heterocycles. The van der Waals surface area contributed by atoms with Crippen molar-refractivity contribution in [3.8, 4) is 22.8 Å². The van der Waals surface area contributed by atoms with E-state index in [1.807, 2.05) is 31.2 Å². The quantitative estimate of drug-likeness (QED) is 0.522. The van der Waals surface area contributed by atoms with Gasteiger partial charge in [-0.2, -0.15) is 0 Å². The van der Waals surface area contributed by atoms with Gasteiger partial charge in [0.1, 0.15) is 5.75 Å². The lowest BCUT2D eigenvalue weighted by Crippen LogP contribution is -2.53. The molecule has 3 heterocycles. The van der Waals surface area contributed by atoms with Crippen molar-refractivity contribution < 1.29 is 23.1 Å². The van der Waals surface area contributed by atoms with Crippen LogP contribution in [-0.4, -0.2) is 37.1 Å². The van der Waals surface area contributed by atoms with Crippen molar-refractivity contribution in [3.05, 3.63) is 60.3 Å². The van der Waals surface area contributed by atoms with E-state index in [4.69, 9.17) is 18.3 Å². The number of carbonyl (C=O) groups is 1. The summed E-state index contributed by atoms with van der Waals surface area (Å²) < 4.78 is 22.6. The number of fused-ring (bicyclic) bond motifs is 2. The minimum absolute atomic E-state index is 0.160. The van der Waals surface area contributed by atoms with Gasteiger partial charge >= 0.3 is 0 Å². The molecule has 4 aromatic rings. The van der Waals surface area contributed by atoms with Crippen LogP contribution in [0.2, 0.25) is 0 Å². The Hall–Kier alpha value is -3.94. The molecule has 0 bridgehead atoms. The Bertz CT molecular complexity index is 1290. The van der Waals surface area contributed by atoms with Gasteiger partial charge < -0.3 is 28.5 Å². The van der Waals surface area contributed by atoms with Crippen LogP contribution in [0.3, 0.4) is 0 Å². The van der Waals surface area contributed by atoms with Crippen molar-refractivity contribution in [2.45, 2.75) is 12.6 Å². The summed E-state index contributed by atoms with van der Waals surface area (Å²) in [6, 6.07) is 11.1. The number of methoxy groups -OCH3 is 2. The van der Waals surface area contributed by atoms with E-state index in [-0.39, 0.29) is 5.91 Å². The number of benzene rings is 2. The molecule has 5 rings (SSSR count). The Kier molecular flexibility index (Phi) is 4.18. The first kappa shape index (κ1) is 19.0. The van der Waals surface area contributed by atoms with Gasteiger partial charge in [-0.3, -0.25) is 4.79 Å². The highest BCUT2D eigenvalue weighted by Crippen LogP contribution is 2.43. The molecule has 0 saturated carbocycles. The van der Waals surface area contributed by atoms with Gasteiger partial charge in [0.05, 0.1) is 37.2 Å². The Morgan fingerprint density at radius 3 is 2.61 bits per heavy atom. The first-order valence-electron chi connectivity index (χ1n) is 9.70. The zero-order chi connectivity index (χ0) is 21.8. The topological polar surface area (TPSA) is 90.0 Å². The van der Waals surface area contributed by atoms with Crippen LogP contribution in [0.15, 0.2) is 57.8 Å². The van der Waals surface area contributed by atoms with Crippen LogP contribution in [-0.2, 0) is 5.66 Å². The maximum absolute atomic E-state index is 13.4. The second-order valence-electron chi connectivity index (χ2n) is 7.51. The van der Waals surface area contributed by atoms with Crippen molar-refractivity contribution in [1.82, 2.24) is 9.88 Å². The average molecular weight is 419 g/mol. The standard InChI is InChI=1S/C23H21N3O5/c1-23(20-8-13-6-5-7-17(28-3)21(13)31-20)25-16-10-18(29-4)15(19-11-24-12-30-19)9-14(16)22(27)26(23)2/h5-12,25H,1-4H3. The molecule has 0 saturated heterocycles. The predicted octanol–water partition coefficient (Wildman–Crippen LogP) is 4.48. The van der Waals surface area contributed by atoms with Crippen molar-refractivity contribution in [2.75, 3.05) is 26.6 Å². The molecule has 1 amide bonds. The van der Waals surface area contributed by atoms with Crippen LogP contribution in [0.1, 0.15) is 23.0 Å². The van der Waals surface area contributed by atoms with E-state index >= 15 is 0 Å². The zero-order valence-electron chi connectivity index (χ0n) is 17.6. The fraction of sp³-hybridized carbons (Fsp3) is 0.217. The largest absolute Gasteiger partial charge is 0.496 e. The molecule has 0 fully saturated rings. The number of hydrogen-bond acceptors (Lipinski definition) is 7. The molecule has 0 aliphatic carbocycles. The Morgan fingerprint density at radius 1 is 1.10 bits per heavy atom. The molecule has 1 aliphatic rings. The molecule has 8 heteroatoms. The molecule has 1 unspecified atom stereocenters. The van der Waals surface area contributed by atoms with Crippen LogP contribution in [0.25, 0.3) is 22.3 Å². The van der Waals surface area contributed by atoms with Crippen LogP contribution < -0.4 is 14.8 Å². The number of hydrogen-bond donors (Lipinski definition) is 1. The van der Waals surface area contributed by atoms with Crippen LogP contribution in [0, 0.1) is 0 Å². The minimum atomic E-state index is -0.924. The van der Waals surface area contributed by atoms with E-state index in [1.54, 1.807) is 44.5 Å². The molecular weight excluding hydrogens is 398 g/mol. The monoisotopic (exact) mass is 419 g/mol. The fourth-order valence-corrected chi connectivity index (χ4v) is 3.96. The summed E-state index contributed by atoms with van der Waals surface area (Å²) in [4.78, 5) is 19.0. The number of furan rings is 1. The van der Waals surface area contributed by atoms with E-state index < -0.39 is 5.66 Å². The van der Waals surface area contributed by atoms with Gasteiger partial charge in [0.2, 0.25) is 0 Å². The summed E-state index contributed by atoms with van der Waals surface area (Å²) in [7, 11) is 4.91. The smallest absolute Gasteiger partial charge is 0.257 e. The molecule has 1 atom stereocenters. The predicted molar refractivity (Wildman–Crippen MR) is 114 cm³/mol. The Morgan fingerprint density at radius 2 is 1.90 bits per heavy atom. The summed E-state index contributed by atoms with van der Waals surface area (Å²) in [6.07, 6.45) is 2.92. The molecule has 8 nitrogen and oxygen atoms in total. The van der Waals surface area contributed by atoms with Crippen molar-refractivity contribution in [3.63, 3.8) is 0 Å². The van der Waals surface area contributed by atoms with Gasteiger partial charge in [0.25, 0.3) is 5.91 Å². The number of nitrogens with zero attached hydrogens (tertiary/aromatic N) is 2. The van der Waals surface area contributed by atoms with Crippen LogP contribution >= 0.6 is 0 Å². The van der Waals surface area contributed by atoms with E-state index in [2.05, 4.69) is 10.3 Å². The number of aromatic nitrogens is 1. The number of amides is 1. The van der Waals surface area contributed by atoms with E-state index in [9.17, 15) is 4.79 Å². The number of carbonyl (C=O) groups excluding carboxylic acids is 1. The molecule has 1 N–H and O–H groups in total. The maximum Gasteiger partial charge on any atom is 0.257 e. The number of ether oxygens (including phenoxy) is 2. The lowest BCUT2D eigenvalue weighted by atomic mass is 9.96. The first-order valence-corrected chi connectivity index (χ1v) is 9.70. The Labute approximate surface area is 178 Å². The van der Waals surface area contributed by atoms with Crippen molar-refractivity contribution >= 4 is 22.6 Å². The fourth-order valence-electron chi connectivity index (χ4n) is 3.96.